The monoisotopic (exact) mass is 287 g/mol. The number of carbonyl (C=O) groups excluding carboxylic acids is 1. The number of ether oxygens (including phenoxy) is 1. The Morgan fingerprint density at radius 2 is 2.53 bits per heavy atom. The molecule has 0 aromatic heterocycles. The Hall–Kier alpha value is -1.33. The summed E-state index contributed by atoms with van der Waals surface area (Å²) in [5, 5.41) is 5.79. The fraction of sp³-hybridized carbons (Fsp3) is 0.462. The lowest BCUT2D eigenvalue weighted by Crippen LogP contribution is -2.46. The molecule has 104 valence electrons. The summed E-state index contributed by atoms with van der Waals surface area (Å²) in [6.45, 7) is 0.147. The van der Waals surface area contributed by atoms with Gasteiger partial charge in [-0.2, -0.15) is 0 Å². The Kier molecular flexibility index (Phi) is 4.49. The lowest BCUT2D eigenvalue weighted by molar-refractivity contribution is -0.123. The molecule has 0 bridgehead atoms. The van der Waals surface area contributed by atoms with Gasteiger partial charge in [0.05, 0.1) is 5.02 Å². The van der Waals surface area contributed by atoms with Crippen LogP contribution in [0.3, 0.4) is 0 Å². The SMILES string of the molecule is [2H]C1CCC(NC(=O)COc2ccc(Cl)c(F)c2)CN1. The van der Waals surface area contributed by atoms with Crippen molar-refractivity contribution in [2.45, 2.75) is 18.9 Å². The van der Waals surface area contributed by atoms with Crippen LogP contribution in [0.2, 0.25) is 5.02 Å². The molecule has 2 unspecified atom stereocenters. The van der Waals surface area contributed by atoms with Crippen LogP contribution < -0.4 is 15.4 Å². The minimum atomic E-state index is -0.581. The van der Waals surface area contributed by atoms with Crippen LogP contribution in [0.1, 0.15) is 14.2 Å². The minimum Gasteiger partial charge on any atom is -0.484 e. The van der Waals surface area contributed by atoms with Crippen LogP contribution in [0.15, 0.2) is 18.2 Å². The minimum absolute atomic E-state index is 0.00894. The van der Waals surface area contributed by atoms with Gasteiger partial charge < -0.3 is 15.4 Å². The molecule has 0 spiro atoms. The molecule has 0 saturated carbocycles. The molecule has 2 rings (SSSR count). The van der Waals surface area contributed by atoms with Crippen molar-refractivity contribution in [2.75, 3.05) is 19.7 Å². The maximum absolute atomic E-state index is 13.2. The summed E-state index contributed by atoms with van der Waals surface area (Å²) in [6.07, 6.45) is 1.47. The third-order valence-corrected chi connectivity index (χ3v) is 3.10. The molecule has 2 atom stereocenters. The van der Waals surface area contributed by atoms with Gasteiger partial charge in [0, 0.05) is 20.0 Å². The second kappa shape index (κ2) is 6.73. The second-order valence-electron chi connectivity index (χ2n) is 4.32. The molecule has 0 aliphatic carbocycles. The Bertz CT molecular complexity index is 481. The maximum Gasteiger partial charge on any atom is 0.258 e. The number of rotatable bonds is 4. The number of carbonyl (C=O) groups is 1. The molecule has 4 nitrogen and oxygen atoms in total. The van der Waals surface area contributed by atoms with Crippen molar-refractivity contribution in [1.29, 1.82) is 0 Å². The van der Waals surface area contributed by atoms with E-state index in [1.54, 1.807) is 0 Å². The van der Waals surface area contributed by atoms with E-state index in [2.05, 4.69) is 10.6 Å². The zero-order valence-corrected chi connectivity index (χ0v) is 11.0. The van der Waals surface area contributed by atoms with Gasteiger partial charge >= 0.3 is 0 Å². The van der Waals surface area contributed by atoms with Gasteiger partial charge in [0.1, 0.15) is 11.6 Å². The van der Waals surface area contributed by atoms with Gasteiger partial charge in [-0.05, 0) is 31.5 Å². The fourth-order valence-corrected chi connectivity index (χ4v) is 1.94. The second-order valence-corrected chi connectivity index (χ2v) is 4.73. The van der Waals surface area contributed by atoms with Crippen LogP contribution in [-0.4, -0.2) is 31.6 Å². The molecule has 1 aromatic carbocycles. The van der Waals surface area contributed by atoms with Crippen LogP contribution in [0.4, 0.5) is 4.39 Å². The molecule has 1 aromatic rings. The third-order valence-electron chi connectivity index (χ3n) is 2.79. The molecule has 1 fully saturated rings. The average Bonchev–Trinajstić information content (AvgIpc) is 2.43. The van der Waals surface area contributed by atoms with Gasteiger partial charge in [0.15, 0.2) is 6.61 Å². The maximum atomic E-state index is 13.2. The lowest BCUT2D eigenvalue weighted by atomic mass is 10.1. The Morgan fingerprint density at radius 1 is 1.68 bits per heavy atom. The van der Waals surface area contributed by atoms with E-state index in [1.807, 2.05) is 0 Å². The molecule has 1 heterocycles. The molecule has 6 heteroatoms. The summed E-state index contributed by atoms with van der Waals surface area (Å²) in [6, 6.07) is 4.03. The predicted molar refractivity (Wildman–Crippen MR) is 70.9 cm³/mol. The van der Waals surface area contributed by atoms with Crippen LogP contribution in [-0.2, 0) is 4.79 Å². The standard InChI is InChI=1S/C13H16ClFN2O2/c14-11-4-3-10(6-12(11)15)19-8-13(18)17-9-2-1-5-16-7-9/h3-4,6,9,16H,1-2,5,7-8H2,(H,17,18)/i5D. The topological polar surface area (TPSA) is 50.4 Å². The molecular formula is C13H16ClFN2O2. The first-order chi connectivity index (χ1) is 9.54. The summed E-state index contributed by atoms with van der Waals surface area (Å²) < 4.78 is 25.9. The predicted octanol–water partition coefficient (Wildman–Crippen LogP) is 1.73. The molecule has 1 aliphatic rings. The number of amides is 1. The van der Waals surface area contributed by atoms with Gasteiger partial charge in [0.25, 0.3) is 5.91 Å². The van der Waals surface area contributed by atoms with Crippen molar-refractivity contribution in [3.8, 4) is 5.75 Å². The number of nitrogens with one attached hydrogen (secondary N) is 2. The summed E-state index contributed by atoms with van der Waals surface area (Å²) in [7, 11) is 0. The van der Waals surface area contributed by atoms with E-state index in [4.69, 9.17) is 17.7 Å². The largest absolute Gasteiger partial charge is 0.484 e. The molecular weight excluding hydrogens is 271 g/mol. The number of piperidine rings is 1. The van der Waals surface area contributed by atoms with Crippen LogP contribution in [0.25, 0.3) is 0 Å². The van der Waals surface area contributed by atoms with Crippen LogP contribution in [0, 0.1) is 5.82 Å². The molecule has 1 amide bonds. The van der Waals surface area contributed by atoms with Crippen LogP contribution in [0.5, 0.6) is 5.75 Å². The summed E-state index contributed by atoms with van der Waals surface area (Å²) in [5.74, 6) is -0.590. The van der Waals surface area contributed by atoms with E-state index in [1.165, 1.54) is 12.1 Å². The third kappa shape index (κ3) is 4.36. The van der Waals surface area contributed by atoms with E-state index in [0.29, 0.717) is 13.0 Å². The van der Waals surface area contributed by atoms with Crippen molar-refractivity contribution < 1.29 is 15.3 Å². The Labute approximate surface area is 117 Å². The van der Waals surface area contributed by atoms with Gasteiger partial charge in [-0.15, -0.1) is 0 Å². The van der Waals surface area contributed by atoms with Gasteiger partial charge in [0.2, 0.25) is 0 Å². The van der Waals surface area contributed by atoms with Crippen molar-refractivity contribution in [2.24, 2.45) is 0 Å². The molecule has 19 heavy (non-hydrogen) atoms. The summed E-state index contributed by atoms with van der Waals surface area (Å²) in [5.41, 5.74) is 0. The molecule has 0 radical (unpaired) electrons. The average molecular weight is 288 g/mol. The van der Waals surface area contributed by atoms with Crippen molar-refractivity contribution in [3.05, 3.63) is 29.0 Å². The van der Waals surface area contributed by atoms with Gasteiger partial charge in [-0.1, -0.05) is 11.6 Å². The first-order valence-electron chi connectivity index (χ1n) is 6.65. The lowest BCUT2D eigenvalue weighted by Gasteiger charge is -2.23. The van der Waals surface area contributed by atoms with E-state index >= 15 is 0 Å². The first kappa shape index (κ1) is 12.7. The zero-order chi connectivity index (χ0) is 14.5. The molecule has 2 N–H and O–H groups in total. The number of halogens is 2. The highest BCUT2D eigenvalue weighted by Crippen LogP contribution is 2.20. The van der Waals surface area contributed by atoms with Crippen molar-refractivity contribution in [1.82, 2.24) is 10.6 Å². The molecule has 1 aliphatic heterocycles. The highest BCUT2D eigenvalue weighted by molar-refractivity contribution is 6.30. The quantitative estimate of drug-likeness (QED) is 0.887. The normalized spacial score (nSPS) is 23.6. The smallest absolute Gasteiger partial charge is 0.258 e. The van der Waals surface area contributed by atoms with Crippen molar-refractivity contribution >= 4 is 17.5 Å². The summed E-state index contributed by atoms with van der Waals surface area (Å²) >= 11 is 5.55. The highest BCUT2D eigenvalue weighted by atomic mass is 35.5. The Morgan fingerprint density at radius 3 is 3.21 bits per heavy atom. The number of hydrogen-bond acceptors (Lipinski definition) is 3. The van der Waals surface area contributed by atoms with E-state index < -0.39 is 5.82 Å². The van der Waals surface area contributed by atoms with E-state index in [-0.39, 0.29) is 35.8 Å². The number of hydrogen-bond donors (Lipinski definition) is 2. The fourth-order valence-electron chi connectivity index (χ4n) is 1.82. The zero-order valence-electron chi connectivity index (χ0n) is 11.3. The Balaban J connectivity index is 1.76. The van der Waals surface area contributed by atoms with E-state index in [0.717, 1.165) is 12.5 Å². The first-order valence-corrected chi connectivity index (χ1v) is 6.45. The highest BCUT2D eigenvalue weighted by Gasteiger charge is 2.15. The summed E-state index contributed by atoms with van der Waals surface area (Å²) in [4.78, 5) is 11.7. The molecule has 1 saturated heterocycles. The van der Waals surface area contributed by atoms with Crippen LogP contribution >= 0.6 is 11.6 Å². The van der Waals surface area contributed by atoms with Gasteiger partial charge in [-0.3, -0.25) is 4.79 Å². The van der Waals surface area contributed by atoms with E-state index in [9.17, 15) is 9.18 Å². The number of benzene rings is 1. The van der Waals surface area contributed by atoms with Gasteiger partial charge in [-0.25, -0.2) is 4.39 Å². The van der Waals surface area contributed by atoms with Crippen molar-refractivity contribution in [3.63, 3.8) is 0 Å².